The van der Waals surface area contributed by atoms with Crippen molar-refractivity contribution in [2.45, 2.75) is 17.9 Å². The first kappa shape index (κ1) is 22.4. The average molecular weight is 488 g/mol. The third kappa shape index (κ3) is 4.83. The normalized spacial score (nSPS) is 13.4. The molecule has 4 rings (SSSR count). The standard InChI is InChI=1S/C24H19Cl2NO4S/c25-20-9-8-19(22(26)15-20)16-31-24(28)12-7-17-5-10-21(11-6-17)32(29,30)27-14-13-18-3-1-2-4-23(18)27/h1-12,15H,13-14,16H2. The van der Waals surface area contributed by atoms with E-state index in [9.17, 15) is 13.2 Å². The Balaban J connectivity index is 1.40. The highest BCUT2D eigenvalue weighted by molar-refractivity contribution is 7.92. The summed E-state index contributed by atoms with van der Waals surface area (Å²) in [5, 5.41) is 0.927. The van der Waals surface area contributed by atoms with Crippen LogP contribution in [0.3, 0.4) is 0 Å². The maximum atomic E-state index is 13.1. The zero-order valence-electron chi connectivity index (χ0n) is 16.9. The van der Waals surface area contributed by atoms with Crippen molar-refractivity contribution in [1.29, 1.82) is 0 Å². The Bertz CT molecular complexity index is 1290. The summed E-state index contributed by atoms with van der Waals surface area (Å²) in [6, 6.07) is 18.8. The molecule has 0 radical (unpaired) electrons. The molecular weight excluding hydrogens is 469 g/mol. The first-order valence-corrected chi connectivity index (χ1v) is 12.0. The fourth-order valence-corrected chi connectivity index (χ4v) is 5.40. The van der Waals surface area contributed by atoms with Gasteiger partial charge in [0.1, 0.15) is 6.61 Å². The topological polar surface area (TPSA) is 63.7 Å². The van der Waals surface area contributed by atoms with E-state index in [4.69, 9.17) is 27.9 Å². The number of fused-ring (bicyclic) bond motifs is 1. The lowest BCUT2D eigenvalue weighted by molar-refractivity contribution is -0.138. The summed E-state index contributed by atoms with van der Waals surface area (Å²) < 4.78 is 32.7. The molecule has 0 unspecified atom stereocenters. The molecule has 5 nitrogen and oxygen atoms in total. The molecule has 1 aliphatic rings. The third-order valence-electron chi connectivity index (χ3n) is 5.11. The molecule has 0 N–H and O–H groups in total. The minimum Gasteiger partial charge on any atom is -0.458 e. The molecule has 3 aromatic rings. The molecule has 32 heavy (non-hydrogen) atoms. The van der Waals surface area contributed by atoms with Crippen LogP contribution in [0.25, 0.3) is 6.08 Å². The molecule has 8 heteroatoms. The quantitative estimate of drug-likeness (QED) is 0.340. The molecular formula is C24H19Cl2NO4S. The monoisotopic (exact) mass is 487 g/mol. The third-order valence-corrected chi connectivity index (χ3v) is 7.52. The Morgan fingerprint density at radius 2 is 1.78 bits per heavy atom. The molecule has 0 fully saturated rings. The molecule has 0 spiro atoms. The van der Waals surface area contributed by atoms with E-state index >= 15 is 0 Å². The van der Waals surface area contributed by atoms with Crippen LogP contribution in [0.15, 0.2) is 77.7 Å². The maximum Gasteiger partial charge on any atom is 0.331 e. The van der Waals surface area contributed by atoms with Gasteiger partial charge in [-0.1, -0.05) is 59.6 Å². The van der Waals surface area contributed by atoms with Crippen molar-refractivity contribution in [2.75, 3.05) is 10.8 Å². The fraction of sp³-hybridized carbons (Fsp3) is 0.125. The van der Waals surface area contributed by atoms with Gasteiger partial charge in [-0.3, -0.25) is 4.31 Å². The predicted molar refractivity (Wildman–Crippen MR) is 126 cm³/mol. The molecule has 0 aliphatic carbocycles. The lowest BCUT2D eigenvalue weighted by Crippen LogP contribution is -2.29. The highest BCUT2D eigenvalue weighted by Gasteiger charge is 2.30. The van der Waals surface area contributed by atoms with Crippen molar-refractivity contribution in [1.82, 2.24) is 0 Å². The number of rotatable bonds is 6. The summed E-state index contributed by atoms with van der Waals surface area (Å²) in [5.41, 5.74) is 3.07. The smallest absolute Gasteiger partial charge is 0.331 e. The Morgan fingerprint density at radius 1 is 1.03 bits per heavy atom. The summed E-state index contributed by atoms with van der Waals surface area (Å²) in [6.07, 6.45) is 3.54. The number of benzene rings is 3. The van der Waals surface area contributed by atoms with Gasteiger partial charge in [-0.15, -0.1) is 0 Å². The van der Waals surface area contributed by atoms with Gasteiger partial charge in [-0.25, -0.2) is 13.2 Å². The lowest BCUT2D eigenvalue weighted by atomic mass is 10.2. The van der Waals surface area contributed by atoms with Crippen LogP contribution in [0, 0.1) is 0 Å². The SMILES string of the molecule is O=C(C=Cc1ccc(S(=O)(=O)N2CCc3ccccc32)cc1)OCc1ccc(Cl)cc1Cl. The van der Waals surface area contributed by atoms with E-state index in [1.165, 1.54) is 22.5 Å². The number of carbonyl (C=O) groups excluding carboxylic acids is 1. The van der Waals surface area contributed by atoms with Crippen LogP contribution in [-0.4, -0.2) is 20.9 Å². The van der Waals surface area contributed by atoms with Crippen molar-refractivity contribution in [3.8, 4) is 0 Å². The number of carbonyl (C=O) groups is 1. The van der Waals surface area contributed by atoms with E-state index in [0.717, 1.165) is 11.3 Å². The summed E-state index contributed by atoms with van der Waals surface area (Å²) in [5.74, 6) is -0.540. The zero-order valence-corrected chi connectivity index (χ0v) is 19.2. The van der Waals surface area contributed by atoms with Crippen LogP contribution in [0.2, 0.25) is 10.0 Å². The van der Waals surface area contributed by atoms with Gasteiger partial charge in [0.25, 0.3) is 10.0 Å². The second-order valence-corrected chi connectivity index (χ2v) is 9.91. The number of hydrogen-bond acceptors (Lipinski definition) is 4. The van der Waals surface area contributed by atoms with Gasteiger partial charge < -0.3 is 4.74 Å². The number of anilines is 1. The number of sulfonamides is 1. The van der Waals surface area contributed by atoms with Crippen LogP contribution in [-0.2, 0) is 32.6 Å². The Labute approximate surface area is 196 Å². The van der Waals surface area contributed by atoms with Crippen molar-refractivity contribution in [3.63, 3.8) is 0 Å². The van der Waals surface area contributed by atoms with E-state index in [2.05, 4.69) is 0 Å². The maximum absolute atomic E-state index is 13.1. The van der Waals surface area contributed by atoms with Gasteiger partial charge in [0.15, 0.2) is 0 Å². The molecule has 1 heterocycles. The number of halogens is 2. The Hall–Kier alpha value is -2.80. The molecule has 0 bridgehead atoms. The largest absolute Gasteiger partial charge is 0.458 e. The first-order valence-electron chi connectivity index (χ1n) is 9.84. The van der Waals surface area contributed by atoms with Crippen molar-refractivity contribution >= 4 is 51.0 Å². The van der Waals surface area contributed by atoms with Gasteiger partial charge in [0.2, 0.25) is 0 Å². The van der Waals surface area contributed by atoms with Gasteiger partial charge in [-0.2, -0.15) is 0 Å². The van der Waals surface area contributed by atoms with Crippen LogP contribution >= 0.6 is 23.2 Å². The number of esters is 1. The van der Waals surface area contributed by atoms with E-state index in [0.29, 0.717) is 34.1 Å². The summed E-state index contributed by atoms with van der Waals surface area (Å²) >= 11 is 11.9. The first-order chi connectivity index (χ1) is 15.3. The van der Waals surface area contributed by atoms with Crippen LogP contribution in [0.1, 0.15) is 16.7 Å². The summed E-state index contributed by atoms with van der Waals surface area (Å²) in [7, 11) is -3.65. The van der Waals surface area contributed by atoms with Gasteiger partial charge in [-0.05, 0) is 54.0 Å². The number of ether oxygens (including phenoxy) is 1. The van der Waals surface area contributed by atoms with Crippen molar-refractivity contribution < 1.29 is 17.9 Å². The van der Waals surface area contributed by atoms with Crippen LogP contribution < -0.4 is 4.31 Å². The van der Waals surface area contributed by atoms with E-state index in [1.54, 1.807) is 36.4 Å². The molecule has 1 aliphatic heterocycles. The highest BCUT2D eigenvalue weighted by Crippen LogP contribution is 2.32. The predicted octanol–water partition coefficient (Wildman–Crippen LogP) is 5.50. The van der Waals surface area contributed by atoms with E-state index < -0.39 is 16.0 Å². The Morgan fingerprint density at radius 3 is 2.53 bits per heavy atom. The molecule has 164 valence electrons. The second-order valence-electron chi connectivity index (χ2n) is 7.20. The summed E-state index contributed by atoms with van der Waals surface area (Å²) in [4.78, 5) is 12.2. The molecule has 0 atom stereocenters. The number of para-hydroxylation sites is 1. The molecule has 0 amide bonds. The van der Waals surface area contributed by atoms with Crippen molar-refractivity contribution in [2.24, 2.45) is 0 Å². The van der Waals surface area contributed by atoms with Gasteiger partial charge in [0.05, 0.1) is 10.6 Å². The summed E-state index contributed by atoms with van der Waals surface area (Å²) in [6.45, 7) is 0.445. The minimum atomic E-state index is -3.65. The lowest BCUT2D eigenvalue weighted by Gasteiger charge is -2.19. The molecule has 3 aromatic carbocycles. The molecule has 0 saturated carbocycles. The van der Waals surface area contributed by atoms with Crippen LogP contribution in [0.4, 0.5) is 5.69 Å². The fourth-order valence-electron chi connectivity index (χ4n) is 3.44. The van der Waals surface area contributed by atoms with Crippen molar-refractivity contribution in [3.05, 3.63) is 99.5 Å². The second kappa shape index (κ2) is 9.36. The minimum absolute atomic E-state index is 0.0215. The number of nitrogens with zero attached hydrogens (tertiary/aromatic N) is 1. The highest BCUT2D eigenvalue weighted by atomic mass is 35.5. The van der Waals surface area contributed by atoms with E-state index in [1.807, 2.05) is 24.3 Å². The Kier molecular flexibility index (Phi) is 6.55. The zero-order chi connectivity index (χ0) is 22.7. The number of hydrogen-bond donors (Lipinski definition) is 0. The van der Waals surface area contributed by atoms with Crippen LogP contribution in [0.5, 0.6) is 0 Å². The van der Waals surface area contributed by atoms with Gasteiger partial charge in [0, 0.05) is 28.2 Å². The van der Waals surface area contributed by atoms with E-state index in [-0.39, 0.29) is 11.5 Å². The van der Waals surface area contributed by atoms with Gasteiger partial charge >= 0.3 is 5.97 Å². The average Bonchev–Trinajstić information content (AvgIpc) is 3.22. The molecule has 0 aromatic heterocycles. The molecule has 0 saturated heterocycles.